The number of aromatic amines is 1. The molecule has 0 saturated carbocycles. The summed E-state index contributed by atoms with van der Waals surface area (Å²) in [5.41, 5.74) is 4.55. The highest BCUT2D eigenvalue weighted by atomic mass is 79.9. The van der Waals surface area contributed by atoms with Crippen molar-refractivity contribution >= 4 is 32.7 Å². The van der Waals surface area contributed by atoms with Crippen LogP contribution in [-0.4, -0.2) is 16.9 Å². The number of hydrogen-bond donors (Lipinski definition) is 2. The van der Waals surface area contributed by atoms with Crippen LogP contribution in [0.1, 0.15) is 28.0 Å². The number of carbonyl (C=O) groups is 1. The van der Waals surface area contributed by atoms with E-state index in [9.17, 15) is 4.79 Å². The van der Waals surface area contributed by atoms with Crippen LogP contribution >= 0.6 is 15.9 Å². The van der Waals surface area contributed by atoms with Crippen LogP contribution in [0.25, 0.3) is 10.9 Å². The Morgan fingerprint density at radius 1 is 1.13 bits per heavy atom. The Kier molecular flexibility index (Phi) is 3.69. The predicted molar refractivity (Wildman–Crippen MR) is 95.7 cm³/mol. The second-order valence-electron chi connectivity index (χ2n) is 6.02. The standard InChI is InChI=1S/C19H17BrN2O/c20-16-7-3-1-6-15(16)19(23)21-12-9-10-14-13-5-2-4-8-17(13)22-18(14)11-12/h1-8,12,22H,9-11H2,(H,21,23). The van der Waals surface area contributed by atoms with Gasteiger partial charge in [-0.2, -0.15) is 0 Å². The van der Waals surface area contributed by atoms with Crippen LogP contribution in [0.5, 0.6) is 0 Å². The van der Waals surface area contributed by atoms with E-state index in [1.807, 2.05) is 24.3 Å². The molecule has 1 amide bonds. The second-order valence-corrected chi connectivity index (χ2v) is 6.88. The van der Waals surface area contributed by atoms with Gasteiger partial charge in [0, 0.05) is 33.5 Å². The first-order valence-corrected chi connectivity index (χ1v) is 8.65. The van der Waals surface area contributed by atoms with Crippen molar-refractivity contribution in [1.82, 2.24) is 10.3 Å². The smallest absolute Gasteiger partial charge is 0.252 e. The number of amides is 1. The summed E-state index contributed by atoms with van der Waals surface area (Å²) in [5.74, 6) is -0.0120. The molecule has 4 rings (SSSR count). The first kappa shape index (κ1) is 14.5. The summed E-state index contributed by atoms with van der Waals surface area (Å²) >= 11 is 3.44. The summed E-state index contributed by atoms with van der Waals surface area (Å²) in [5, 5.41) is 4.49. The fourth-order valence-electron chi connectivity index (χ4n) is 3.41. The number of para-hydroxylation sites is 1. The zero-order chi connectivity index (χ0) is 15.8. The molecule has 0 aliphatic heterocycles. The highest BCUT2D eigenvalue weighted by Gasteiger charge is 2.24. The van der Waals surface area contributed by atoms with Gasteiger partial charge in [-0.05, 0) is 52.5 Å². The number of hydrogen-bond acceptors (Lipinski definition) is 1. The van der Waals surface area contributed by atoms with Gasteiger partial charge in [-0.15, -0.1) is 0 Å². The summed E-state index contributed by atoms with van der Waals surface area (Å²) < 4.78 is 0.833. The van der Waals surface area contributed by atoms with Gasteiger partial charge in [-0.1, -0.05) is 30.3 Å². The summed E-state index contributed by atoms with van der Waals surface area (Å²) in [6.07, 6.45) is 2.84. The van der Waals surface area contributed by atoms with E-state index in [2.05, 4.69) is 50.5 Å². The molecule has 1 aliphatic rings. The number of halogens is 1. The van der Waals surface area contributed by atoms with Crippen LogP contribution < -0.4 is 5.32 Å². The largest absolute Gasteiger partial charge is 0.358 e. The predicted octanol–water partition coefficient (Wildman–Crippen LogP) is 4.22. The van der Waals surface area contributed by atoms with E-state index in [0.717, 1.165) is 23.7 Å². The third-order valence-electron chi connectivity index (χ3n) is 4.55. The maximum absolute atomic E-state index is 12.5. The van der Waals surface area contributed by atoms with E-state index < -0.39 is 0 Å². The van der Waals surface area contributed by atoms with Gasteiger partial charge in [0.15, 0.2) is 0 Å². The molecule has 4 heteroatoms. The van der Waals surface area contributed by atoms with Crippen LogP contribution in [0.2, 0.25) is 0 Å². The highest BCUT2D eigenvalue weighted by molar-refractivity contribution is 9.10. The maximum Gasteiger partial charge on any atom is 0.252 e. The van der Waals surface area contributed by atoms with E-state index in [4.69, 9.17) is 0 Å². The van der Waals surface area contributed by atoms with E-state index in [0.29, 0.717) is 5.56 Å². The molecule has 0 radical (unpaired) electrons. The fraction of sp³-hybridized carbons (Fsp3) is 0.211. The minimum absolute atomic E-state index is 0.0120. The van der Waals surface area contributed by atoms with E-state index in [-0.39, 0.29) is 11.9 Å². The number of carbonyl (C=O) groups excluding carboxylic acids is 1. The van der Waals surface area contributed by atoms with Crippen LogP contribution in [0.15, 0.2) is 53.0 Å². The number of H-pyrrole nitrogens is 1. The molecule has 3 nitrogen and oxygen atoms in total. The Bertz CT molecular complexity index is 884. The molecule has 0 spiro atoms. The average molecular weight is 369 g/mol. The molecule has 1 atom stereocenters. The number of fused-ring (bicyclic) bond motifs is 3. The van der Waals surface area contributed by atoms with Gasteiger partial charge in [0.1, 0.15) is 0 Å². The summed E-state index contributed by atoms with van der Waals surface area (Å²) in [7, 11) is 0. The molecule has 23 heavy (non-hydrogen) atoms. The fourth-order valence-corrected chi connectivity index (χ4v) is 3.88. The third-order valence-corrected chi connectivity index (χ3v) is 5.24. The number of rotatable bonds is 2. The van der Waals surface area contributed by atoms with E-state index >= 15 is 0 Å². The quantitative estimate of drug-likeness (QED) is 0.698. The molecule has 3 aromatic rings. The molecule has 2 N–H and O–H groups in total. The molecule has 2 aromatic carbocycles. The molecule has 1 unspecified atom stereocenters. The van der Waals surface area contributed by atoms with E-state index in [1.54, 1.807) is 0 Å². The minimum Gasteiger partial charge on any atom is -0.358 e. The zero-order valence-corrected chi connectivity index (χ0v) is 14.2. The second kappa shape index (κ2) is 5.85. The topological polar surface area (TPSA) is 44.9 Å². The lowest BCUT2D eigenvalue weighted by molar-refractivity contribution is 0.0933. The number of aryl methyl sites for hydroxylation is 1. The molecular formula is C19H17BrN2O. The third kappa shape index (κ3) is 2.68. The average Bonchev–Trinajstić information content (AvgIpc) is 2.92. The van der Waals surface area contributed by atoms with Crippen LogP contribution in [0, 0.1) is 0 Å². The molecular weight excluding hydrogens is 352 g/mol. The summed E-state index contributed by atoms with van der Waals surface area (Å²) in [6, 6.07) is 16.1. The number of benzene rings is 2. The first-order chi connectivity index (χ1) is 11.2. The van der Waals surface area contributed by atoms with Gasteiger partial charge >= 0.3 is 0 Å². The highest BCUT2D eigenvalue weighted by Crippen LogP contribution is 2.29. The summed E-state index contributed by atoms with van der Waals surface area (Å²) in [6.45, 7) is 0. The van der Waals surface area contributed by atoms with Crippen LogP contribution in [0.4, 0.5) is 0 Å². The maximum atomic E-state index is 12.5. The van der Waals surface area contributed by atoms with Crippen molar-refractivity contribution < 1.29 is 4.79 Å². The summed E-state index contributed by atoms with van der Waals surface area (Å²) in [4.78, 5) is 16.0. The van der Waals surface area contributed by atoms with E-state index in [1.165, 1.54) is 22.2 Å². The molecule has 0 bridgehead atoms. The Balaban J connectivity index is 1.54. The first-order valence-electron chi connectivity index (χ1n) is 7.86. The zero-order valence-electron chi connectivity index (χ0n) is 12.6. The van der Waals surface area contributed by atoms with Crippen molar-refractivity contribution in [3.63, 3.8) is 0 Å². The van der Waals surface area contributed by atoms with Crippen molar-refractivity contribution in [3.8, 4) is 0 Å². The SMILES string of the molecule is O=C(NC1CCc2c([nH]c3ccccc23)C1)c1ccccc1Br. The van der Waals surface area contributed by atoms with Crippen molar-refractivity contribution in [2.24, 2.45) is 0 Å². The van der Waals surface area contributed by atoms with Gasteiger partial charge < -0.3 is 10.3 Å². The Hall–Kier alpha value is -2.07. The monoisotopic (exact) mass is 368 g/mol. The lowest BCUT2D eigenvalue weighted by Gasteiger charge is -2.23. The molecule has 0 saturated heterocycles. The Labute approximate surface area is 143 Å². The van der Waals surface area contributed by atoms with Gasteiger partial charge in [0.2, 0.25) is 0 Å². The van der Waals surface area contributed by atoms with Gasteiger partial charge in [-0.3, -0.25) is 4.79 Å². The molecule has 116 valence electrons. The normalized spacial score (nSPS) is 17.0. The van der Waals surface area contributed by atoms with Gasteiger partial charge in [0.25, 0.3) is 5.91 Å². The number of aromatic nitrogens is 1. The molecule has 0 fully saturated rings. The number of nitrogens with one attached hydrogen (secondary N) is 2. The van der Waals surface area contributed by atoms with Crippen molar-refractivity contribution in [2.45, 2.75) is 25.3 Å². The Morgan fingerprint density at radius 3 is 2.78 bits per heavy atom. The van der Waals surface area contributed by atoms with Crippen LogP contribution in [0.3, 0.4) is 0 Å². The molecule has 1 aromatic heterocycles. The van der Waals surface area contributed by atoms with Gasteiger partial charge in [-0.25, -0.2) is 0 Å². The lowest BCUT2D eigenvalue weighted by Crippen LogP contribution is -2.38. The van der Waals surface area contributed by atoms with Crippen molar-refractivity contribution in [2.75, 3.05) is 0 Å². The van der Waals surface area contributed by atoms with Crippen molar-refractivity contribution in [1.29, 1.82) is 0 Å². The Morgan fingerprint density at radius 2 is 1.91 bits per heavy atom. The minimum atomic E-state index is -0.0120. The molecule has 1 aliphatic carbocycles. The van der Waals surface area contributed by atoms with Crippen LogP contribution in [-0.2, 0) is 12.8 Å². The molecule has 1 heterocycles. The lowest BCUT2D eigenvalue weighted by atomic mass is 9.91. The van der Waals surface area contributed by atoms with Gasteiger partial charge in [0.05, 0.1) is 5.56 Å². The van der Waals surface area contributed by atoms with Crippen molar-refractivity contribution in [3.05, 3.63) is 69.8 Å².